The minimum atomic E-state index is -1.26. The summed E-state index contributed by atoms with van der Waals surface area (Å²) >= 11 is 0. The van der Waals surface area contributed by atoms with Crippen molar-refractivity contribution in [2.45, 2.75) is 30.4 Å². The van der Waals surface area contributed by atoms with E-state index < -0.39 is 23.1 Å². The highest BCUT2D eigenvalue weighted by Gasteiger charge is 2.42. The summed E-state index contributed by atoms with van der Waals surface area (Å²) in [6.07, 6.45) is 1.21. The molecule has 2 heterocycles. The molecule has 2 saturated heterocycles. The number of carboxylic acids is 1. The number of hydrogen-bond donors (Lipinski definition) is 3. The molecule has 2 fully saturated rings. The van der Waals surface area contributed by atoms with Gasteiger partial charge in [-0.1, -0.05) is 0 Å². The van der Waals surface area contributed by atoms with Gasteiger partial charge in [-0.3, -0.25) is 0 Å². The maximum Gasteiger partial charge on any atom is 0.329 e. The third-order valence-electron chi connectivity index (χ3n) is 4.18. The van der Waals surface area contributed by atoms with E-state index in [2.05, 4.69) is 10.6 Å². The highest BCUT2D eigenvalue weighted by Crippen LogP contribution is 2.22. The molecule has 0 aliphatic carbocycles. The van der Waals surface area contributed by atoms with E-state index in [-0.39, 0.29) is 19.4 Å². The summed E-state index contributed by atoms with van der Waals surface area (Å²) in [7, 11) is 1.57. The minimum Gasteiger partial charge on any atom is -0.480 e. The molecule has 0 aromatic rings. The summed E-state index contributed by atoms with van der Waals surface area (Å²) in [6.45, 7) is 1.93. The normalized spacial score (nSPS) is 28.0. The van der Waals surface area contributed by atoms with Crippen molar-refractivity contribution in [1.29, 1.82) is 0 Å². The van der Waals surface area contributed by atoms with Crippen LogP contribution in [0.2, 0.25) is 0 Å². The van der Waals surface area contributed by atoms with Crippen LogP contribution in [0.4, 0.5) is 4.79 Å². The fourth-order valence-corrected chi connectivity index (χ4v) is 2.58. The average Bonchev–Trinajstić information content (AvgIpc) is 2.95. The number of rotatable bonds is 5. The topological polar surface area (TPSA) is 106 Å². The third-order valence-corrected chi connectivity index (χ3v) is 4.18. The molecule has 0 aromatic carbocycles. The highest BCUT2D eigenvalue weighted by atomic mass is 16.5. The molecule has 8 heteroatoms. The summed E-state index contributed by atoms with van der Waals surface area (Å²) in [6, 6.07) is -0.511. The molecule has 0 aromatic heterocycles. The quantitative estimate of drug-likeness (QED) is 0.645. The average molecular weight is 302 g/mol. The summed E-state index contributed by atoms with van der Waals surface area (Å²) in [5.41, 5.74) is -1.78. The van der Waals surface area contributed by atoms with Gasteiger partial charge >= 0.3 is 12.0 Å². The van der Waals surface area contributed by atoms with Crippen LogP contribution in [-0.2, 0) is 19.0 Å². The van der Waals surface area contributed by atoms with Crippen LogP contribution in [0.15, 0.2) is 0 Å². The lowest BCUT2D eigenvalue weighted by atomic mass is 9.90. The Labute approximate surface area is 123 Å². The maximum atomic E-state index is 12.0. The Bertz CT molecular complexity index is 388. The number of ether oxygens (including phenoxy) is 3. The predicted molar refractivity (Wildman–Crippen MR) is 72.1 cm³/mol. The Morgan fingerprint density at radius 2 is 1.86 bits per heavy atom. The summed E-state index contributed by atoms with van der Waals surface area (Å²) in [4.78, 5) is 23.5. The van der Waals surface area contributed by atoms with Crippen molar-refractivity contribution in [3.8, 4) is 0 Å². The van der Waals surface area contributed by atoms with Crippen LogP contribution < -0.4 is 10.6 Å². The van der Waals surface area contributed by atoms with Gasteiger partial charge in [0.05, 0.1) is 13.2 Å². The van der Waals surface area contributed by atoms with Gasteiger partial charge in [-0.25, -0.2) is 9.59 Å². The first-order valence-corrected chi connectivity index (χ1v) is 7.02. The van der Waals surface area contributed by atoms with E-state index in [1.807, 2.05) is 0 Å². The number of methoxy groups -OCH3 is 1. The number of aliphatic carboxylic acids is 1. The zero-order chi connectivity index (χ0) is 15.3. The Hall–Kier alpha value is -1.38. The SMILES string of the molecule is COC1(CNC(=O)NC2(C(=O)O)CCOCC2)CCOC1. The first-order valence-electron chi connectivity index (χ1n) is 7.02. The van der Waals surface area contributed by atoms with E-state index in [1.165, 1.54) is 0 Å². The fourth-order valence-electron chi connectivity index (χ4n) is 2.58. The molecule has 1 unspecified atom stereocenters. The van der Waals surface area contributed by atoms with Crippen molar-refractivity contribution < 1.29 is 28.9 Å². The number of carbonyl (C=O) groups is 2. The zero-order valence-electron chi connectivity index (χ0n) is 12.1. The van der Waals surface area contributed by atoms with Gasteiger partial charge < -0.3 is 30.0 Å². The maximum absolute atomic E-state index is 12.0. The molecule has 2 amide bonds. The molecule has 120 valence electrons. The van der Waals surface area contributed by atoms with Crippen LogP contribution >= 0.6 is 0 Å². The number of carbonyl (C=O) groups excluding carboxylic acids is 1. The minimum absolute atomic E-state index is 0.258. The number of urea groups is 1. The van der Waals surface area contributed by atoms with Crippen molar-refractivity contribution in [3.63, 3.8) is 0 Å². The number of amides is 2. The summed E-state index contributed by atoms with van der Waals surface area (Å²) in [5.74, 6) is -1.04. The Balaban J connectivity index is 1.89. The van der Waals surface area contributed by atoms with Crippen molar-refractivity contribution in [2.24, 2.45) is 0 Å². The number of nitrogens with one attached hydrogen (secondary N) is 2. The Morgan fingerprint density at radius 3 is 2.38 bits per heavy atom. The largest absolute Gasteiger partial charge is 0.480 e. The van der Waals surface area contributed by atoms with Crippen molar-refractivity contribution in [2.75, 3.05) is 40.1 Å². The smallest absolute Gasteiger partial charge is 0.329 e. The van der Waals surface area contributed by atoms with Gasteiger partial charge in [0.25, 0.3) is 0 Å². The second kappa shape index (κ2) is 6.59. The van der Waals surface area contributed by atoms with E-state index in [0.29, 0.717) is 32.8 Å². The molecule has 2 aliphatic heterocycles. The van der Waals surface area contributed by atoms with Crippen molar-refractivity contribution in [1.82, 2.24) is 10.6 Å². The molecule has 0 bridgehead atoms. The van der Waals surface area contributed by atoms with E-state index in [1.54, 1.807) is 7.11 Å². The van der Waals surface area contributed by atoms with Gasteiger partial charge in [0.15, 0.2) is 0 Å². The monoisotopic (exact) mass is 302 g/mol. The van der Waals surface area contributed by atoms with Gasteiger partial charge in [-0.15, -0.1) is 0 Å². The van der Waals surface area contributed by atoms with Crippen LogP contribution in [0.3, 0.4) is 0 Å². The molecule has 2 rings (SSSR count). The molecule has 3 N–H and O–H groups in total. The zero-order valence-corrected chi connectivity index (χ0v) is 12.1. The molecule has 1 atom stereocenters. The molecule has 0 spiro atoms. The molecule has 0 saturated carbocycles. The third kappa shape index (κ3) is 3.63. The fraction of sp³-hybridized carbons (Fsp3) is 0.846. The molecule has 0 radical (unpaired) electrons. The van der Waals surface area contributed by atoms with E-state index in [9.17, 15) is 14.7 Å². The van der Waals surface area contributed by atoms with Crippen molar-refractivity contribution >= 4 is 12.0 Å². The first kappa shape index (κ1) is 16.0. The van der Waals surface area contributed by atoms with Crippen LogP contribution in [0.1, 0.15) is 19.3 Å². The van der Waals surface area contributed by atoms with E-state index in [0.717, 1.165) is 0 Å². The lowest BCUT2D eigenvalue weighted by Crippen LogP contribution is -2.60. The number of hydrogen-bond acceptors (Lipinski definition) is 5. The van der Waals surface area contributed by atoms with Gasteiger partial charge in [-0.05, 0) is 0 Å². The molecular weight excluding hydrogens is 280 g/mol. The van der Waals surface area contributed by atoms with Crippen LogP contribution in [0.5, 0.6) is 0 Å². The Morgan fingerprint density at radius 1 is 1.19 bits per heavy atom. The van der Waals surface area contributed by atoms with E-state index in [4.69, 9.17) is 14.2 Å². The lowest BCUT2D eigenvalue weighted by molar-refractivity contribution is -0.148. The van der Waals surface area contributed by atoms with Crippen molar-refractivity contribution in [3.05, 3.63) is 0 Å². The van der Waals surface area contributed by atoms with Crippen LogP contribution in [-0.4, -0.2) is 68.3 Å². The van der Waals surface area contributed by atoms with Crippen LogP contribution in [0.25, 0.3) is 0 Å². The molecule has 2 aliphatic rings. The standard InChI is InChI=1S/C13H22N2O6/c1-19-12(2-5-21-9-12)8-14-11(18)15-13(10(16)17)3-6-20-7-4-13/h2-9H2,1H3,(H,16,17)(H2,14,15,18). The number of carboxylic acid groups (broad SMARTS) is 1. The van der Waals surface area contributed by atoms with E-state index >= 15 is 0 Å². The molecule has 21 heavy (non-hydrogen) atoms. The molecular formula is C13H22N2O6. The Kier molecular flexibility index (Phi) is 5.02. The van der Waals surface area contributed by atoms with Gasteiger partial charge in [-0.2, -0.15) is 0 Å². The summed E-state index contributed by atoms with van der Waals surface area (Å²) in [5, 5.41) is 14.6. The van der Waals surface area contributed by atoms with Crippen LogP contribution in [0, 0.1) is 0 Å². The highest BCUT2D eigenvalue weighted by molar-refractivity contribution is 5.86. The lowest BCUT2D eigenvalue weighted by Gasteiger charge is -2.34. The second-order valence-electron chi connectivity index (χ2n) is 5.50. The van der Waals surface area contributed by atoms with Gasteiger partial charge in [0, 0.05) is 46.2 Å². The first-order chi connectivity index (χ1) is 10.0. The molecule has 8 nitrogen and oxygen atoms in total. The predicted octanol–water partition coefficient (Wildman–Crippen LogP) is -0.275. The van der Waals surface area contributed by atoms with Gasteiger partial charge in [0.2, 0.25) is 0 Å². The van der Waals surface area contributed by atoms with Gasteiger partial charge in [0.1, 0.15) is 11.1 Å². The summed E-state index contributed by atoms with van der Waals surface area (Å²) < 4.78 is 15.9. The second-order valence-corrected chi connectivity index (χ2v) is 5.50.